The van der Waals surface area contributed by atoms with Gasteiger partial charge < -0.3 is 15.7 Å². The SMILES string of the molecule is CNc1cc(-c2cncc(-c3cc(NC(=O)c4ccnc(C(C)(C)F)c4)ccc3C)c2)ccn1.O=CO. The van der Waals surface area contributed by atoms with Crippen molar-refractivity contribution in [2.24, 2.45) is 0 Å². The molecule has 0 fully saturated rings. The molecule has 0 radical (unpaired) electrons. The Hall–Kier alpha value is -4.66. The van der Waals surface area contributed by atoms with E-state index in [-0.39, 0.29) is 18.1 Å². The maximum absolute atomic E-state index is 14.3. The molecule has 37 heavy (non-hydrogen) atoms. The number of hydrogen-bond acceptors (Lipinski definition) is 6. The van der Waals surface area contributed by atoms with Crippen molar-refractivity contribution >= 4 is 23.9 Å². The number of rotatable bonds is 6. The number of carbonyl (C=O) groups excluding carboxylic acids is 1. The third-order valence-electron chi connectivity index (χ3n) is 5.53. The third kappa shape index (κ3) is 6.94. The summed E-state index contributed by atoms with van der Waals surface area (Å²) < 4.78 is 14.3. The molecule has 1 aromatic carbocycles. The van der Waals surface area contributed by atoms with Gasteiger partial charge in [-0.25, -0.2) is 9.37 Å². The van der Waals surface area contributed by atoms with Crippen LogP contribution in [0.15, 0.2) is 73.3 Å². The number of benzene rings is 1. The van der Waals surface area contributed by atoms with E-state index in [4.69, 9.17) is 9.90 Å². The largest absolute Gasteiger partial charge is 0.483 e. The summed E-state index contributed by atoms with van der Waals surface area (Å²) in [6, 6.07) is 14.7. The van der Waals surface area contributed by atoms with Crippen LogP contribution in [0.5, 0.6) is 0 Å². The van der Waals surface area contributed by atoms with Crippen molar-refractivity contribution in [2.45, 2.75) is 26.4 Å². The van der Waals surface area contributed by atoms with Gasteiger partial charge in [0.25, 0.3) is 12.4 Å². The molecule has 3 heterocycles. The van der Waals surface area contributed by atoms with Crippen LogP contribution in [0.1, 0.15) is 35.5 Å². The molecule has 9 heteroatoms. The Labute approximate surface area is 214 Å². The van der Waals surface area contributed by atoms with Crippen LogP contribution in [0.25, 0.3) is 22.3 Å². The first kappa shape index (κ1) is 26.9. The zero-order valence-electron chi connectivity index (χ0n) is 21.0. The lowest BCUT2D eigenvalue weighted by atomic mass is 9.98. The maximum Gasteiger partial charge on any atom is 0.290 e. The van der Waals surface area contributed by atoms with Crippen molar-refractivity contribution in [1.29, 1.82) is 0 Å². The van der Waals surface area contributed by atoms with Crippen molar-refractivity contribution < 1.29 is 19.1 Å². The molecule has 0 saturated heterocycles. The fourth-order valence-corrected chi connectivity index (χ4v) is 3.60. The van der Waals surface area contributed by atoms with Crippen LogP contribution in [0.4, 0.5) is 15.9 Å². The number of anilines is 2. The second-order valence-electron chi connectivity index (χ2n) is 8.63. The zero-order chi connectivity index (χ0) is 27.0. The van der Waals surface area contributed by atoms with Crippen LogP contribution >= 0.6 is 0 Å². The zero-order valence-corrected chi connectivity index (χ0v) is 21.0. The Morgan fingerprint density at radius 2 is 1.68 bits per heavy atom. The molecular formula is C28H28FN5O3. The Kier molecular flexibility index (Phi) is 8.63. The number of aromatic nitrogens is 3. The summed E-state index contributed by atoms with van der Waals surface area (Å²) in [7, 11) is 1.83. The van der Waals surface area contributed by atoms with E-state index in [9.17, 15) is 9.18 Å². The molecule has 0 aliphatic carbocycles. The molecule has 0 atom stereocenters. The third-order valence-corrected chi connectivity index (χ3v) is 5.53. The molecule has 190 valence electrons. The Bertz CT molecular complexity index is 1400. The lowest BCUT2D eigenvalue weighted by Crippen LogP contribution is -2.16. The molecule has 0 saturated carbocycles. The lowest BCUT2D eigenvalue weighted by Gasteiger charge is -2.15. The summed E-state index contributed by atoms with van der Waals surface area (Å²) in [5, 5.41) is 12.8. The molecule has 4 rings (SSSR count). The second-order valence-corrected chi connectivity index (χ2v) is 8.63. The number of pyridine rings is 3. The van der Waals surface area contributed by atoms with E-state index in [0.29, 0.717) is 11.3 Å². The molecule has 8 nitrogen and oxygen atoms in total. The van der Waals surface area contributed by atoms with Crippen LogP contribution in [0.2, 0.25) is 0 Å². The molecule has 0 unspecified atom stereocenters. The van der Waals surface area contributed by atoms with E-state index in [1.807, 2.05) is 50.5 Å². The summed E-state index contributed by atoms with van der Waals surface area (Å²) >= 11 is 0. The van der Waals surface area contributed by atoms with Gasteiger partial charge in [-0.3, -0.25) is 19.6 Å². The topological polar surface area (TPSA) is 117 Å². The fraction of sp³-hybridized carbons (Fsp3) is 0.179. The van der Waals surface area contributed by atoms with Gasteiger partial charge >= 0.3 is 0 Å². The minimum Gasteiger partial charge on any atom is -0.483 e. The highest BCUT2D eigenvalue weighted by atomic mass is 19.1. The van der Waals surface area contributed by atoms with Gasteiger partial charge in [0.15, 0.2) is 0 Å². The van der Waals surface area contributed by atoms with Gasteiger partial charge in [-0.05, 0) is 79.9 Å². The maximum atomic E-state index is 14.3. The fourth-order valence-electron chi connectivity index (χ4n) is 3.60. The van der Waals surface area contributed by atoms with Crippen molar-refractivity contribution in [1.82, 2.24) is 15.0 Å². The van der Waals surface area contributed by atoms with Gasteiger partial charge in [-0.1, -0.05) is 6.07 Å². The molecule has 3 N–H and O–H groups in total. The smallest absolute Gasteiger partial charge is 0.290 e. The average Bonchev–Trinajstić information content (AvgIpc) is 2.90. The van der Waals surface area contributed by atoms with E-state index in [1.54, 1.807) is 18.5 Å². The average molecular weight is 502 g/mol. The molecule has 0 spiro atoms. The number of halogens is 1. The standard InChI is InChI=1S/C27H26FN5O.CH2O2/c1-17-5-6-22(33-26(34)19-8-9-31-24(12-19)27(2,3)28)14-23(17)21-11-20(15-30-16-21)18-7-10-32-25(13-18)29-4;2-1-3/h5-16H,1-4H3,(H,29,32)(H,33,34);1H,(H,2,3). The van der Waals surface area contributed by atoms with Crippen molar-refractivity contribution in [3.63, 3.8) is 0 Å². The molecular weight excluding hydrogens is 473 g/mol. The highest BCUT2D eigenvalue weighted by Crippen LogP contribution is 2.30. The summed E-state index contributed by atoms with van der Waals surface area (Å²) in [5.74, 6) is 0.449. The van der Waals surface area contributed by atoms with Gasteiger partial charge in [0.2, 0.25) is 0 Å². The minimum atomic E-state index is -1.63. The van der Waals surface area contributed by atoms with E-state index in [2.05, 4.69) is 31.7 Å². The number of alkyl halides is 1. The second kappa shape index (κ2) is 11.9. The molecule has 4 aromatic rings. The molecule has 0 bridgehead atoms. The van der Waals surface area contributed by atoms with E-state index < -0.39 is 5.67 Å². The number of nitrogens with zero attached hydrogens (tertiary/aromatic N) is 3. The number of carbonyl (C=O) groups is 2. The number of carboxylic acid groups (broad SMARTS) is 1. The Balaban J connectivity index is 0.00000121. The Morgan fingerprint density at radius 3 is 2.38 bits per heavy atom. The summed E-state index contributed by atoms with van der Waals surface area (Å²) in [5.41, 5.74) is 4.46. The van der Waals surface area contributed by atoms with Gasteiger partial charge in [0, 0.05) is 54.2 Å². The molecule has 0 aliphatic rings. The van der Waals surface area contributed by atoms with Crippen LogP contribution in [0, 0.1) is 6.92 Å². The van der Waals surface area contributed by atoms with Gasteiger partial charge in [-0.15, -0.1) is 0 Å². The minimum absolute atomic E-state index is 0.213. The van der Waals surface area contributed by atoms with E-state index >= 15 is 0 Å². The first-order valence-corrected chi connectivity index (χ1v) is 11.4. The predicted octanol–water partition coefficient (Wildman–Crippen LogP) is 5.71. The van der Waals surface area contributed by atoms with E-state index in [0.717, 1.165) is 33.6 Å². The van der Waals surface area contributed by atoms with Crippen molar-refractivity contribution in [3.05, 3.63) is 90.1 Å². The van der Waals surface area contributed by atoms with E-state index in [1.165, 1.54) is 26.1 Å². The number of hydrogen-bond donors (Lipinski definition) is 3. The van der Waals surface area contributed by atoms with Crippen LogP contribution in [0.3, 0.4) is 0 Å². The monoisotopic (exact) mass is 501 g/mol. The molecule has 1 amide bonds. The summed E-state index contributed by atoms with van der Waals surface area (Å²) in [6.07, 6.45) is 6.81. The summed E-state index contributed by atoms with van der Waals surface area (Å²) in [4.78, 5) is 33.9. The predicted molar refractivity (Wildman–Crippen MR) is 142 cm³/mol. The van der Waals surface area contributed by atoms with Gasteiger partial charge in [-0.2, -0.15) is 0 Å². The van der Waals surface area contributed by atoms with Crippen LogP contribution in [-0.2, 0) is 10.5 Å². The molecule has 3 aromatic heterocycles. The van der Waals surface area contributed by atoms with Crippen molar-refractivity contribution in [2.75, 3.05) is 17.7 Å². The number of amides is 1. The normalized spacial score (nSPS) is 10.6. The molecule has 0 aliphatic heterocycles. The lowest BCUT2D eigenvalue weighted by molar-refractivity contribution is -0.122. The quantitative estimate of drug-likeness (QED) is 0.290. The first-order chi connectivity index (χ1) is 17.7. The van der Waals surface area contributed by atoms with Gasteiger partial charge in [0.05, 0.1) is 5.69 Å². The van der Waals surface area contributed by atoms with Gasteiger partial charge in [0.1, 0.15) is 11.5 Å². The van der Waals surface area contributed by atoms with Crippen molar-refractivity contribution in [3.8, 4) is 22.3 Å². The number of nitrogens with one attached hydrogen (secondary N) is 2. The summed E-state index contributed by atoms with van der Waals surface area (Å²) in [6.45, 7) is 4.59. The highest BCUT2D eigenvalue weighted by molar-refractivity contribution is 6.04. The Morgan fingerprint density at radius 1 is 0.973 bits per heavy atom. The first-order valence-electron chi connectivity index (χ1n) is 11.4. The number of aryl methyl sites for hydroxylation is 1. The van der Waals surface area contributed by atoms with Crippen LogP contribution in [-0.4, -0.2) is 39.5 Å². The highest BCUT2D eigenvalue weighted by Gasteiger charge is 2.22. The van der Waals surface area contributed by atoms with Crippen LogP contribution < -0.4 is 10.6 Å².